The summed E-state index contributed by atoms with van der Waals surface area (Å²) in [4.78, 5) is 57.5. The molecule has 0 aliphatic heterocycles. The molecule has 0 radical (unpaired) electrons. The minimum Gasteiger partial charge on any atom is -0.458 e. The molecule has 1 aliphatic rings. The molecule has 1 fully saturated rings. The fraction of sp³-hybridized carbons (Fsp3) is 0.568. The minimum atomic E-state index is -1.05. The molecule has 0 heterocycles. The Balaban J connectivity index is 2.09. The molecule has 2 aromatic carbocycles. The number of esters is 1. The Labute approximate surface area is 284 Å². The average molecular weight is 668 g/mol. The molecule has 9 nitrogen and oxygen atoms in total. The Morgan fingerprint density at radius 3 is 2.06 bits per heavy atom. The number of aryl methyl sites for hydroxylation is 1. The molecule has 0 bridgehead atoms. The van der Waals surface area contributed by atoms with E-state index in [9.17, 15) is 19.2 Å². The summed E-state index contributed by atoms with van der Waals surface area (Å²) >= 11 is 1.57. The van der Waals surface area contributed by atoms with Crippen LogP contribution in [0.3, 0.4) is 0 Å². The maximum absolute atomic E-state index is 14.7. The normalized spacial score (nSPS) is 15.4. The number of amides is 3. The summed E-state index contributed by atoms with van der Waals surface area (Å²) in [5.41, 5.74) is 1.86. The third kappa shape index (κ3) is 11.3. The summed E-state index contributed by atoms with van der Waals surface area (Å²) in [5, 5.41) is 5.81. The van der Waals surface area contributed by atoms with Gasteiger partial charge in [-0.3, -0.25) is 9.59 Å². The van der Waals surface area contributed by atoms with Gasteiger partial charge in [0.2, 0.25) is 11.8 Å². The van der Waals surface area contributed by atoms with E-state index < -0.39 is 47.3 Å². The van der Waals surface area contributed by atoms with Crippen LogP contribution >= 0.6 is 11.8 Å². The van der Waals surface area contributed by atoms with Gasteiger partial charge in [0, 0.05) is 12.5 Å². The summed E-state index contributed by atoms with van der Waals surface area (Å²) in [7, 11) is 0. The lowest BCUT2D eigenvalue weighted by molar-refractivity contribution is -0.159. The van der Waals surface area contributed by atoms with Crippen molar-refractivity contribution in [3.8, 4) is 0 Å². The van der Waals surface area contributed by atoms with Crippen LogP contribution in [0.4, 0.5) is 4.79 Å². The Bertz CT molecular complexity index is 1380. The minimum absolute atomic E-state index is 0.217. The predicted molar refractivity (Wildman–Crippen MR) is 187 cm³/mol. The largest absolute Gasteiger partial charge is 0.458 e. The molecule has 0 spiro atoms. The molecule has 1 saturated carbocycles. The second kappa shape index (κ2) is 16.5. The van der Waals surface area contributed by atoms with Gasteiger partial charge in [0.1, 0.15) is 29.3 Å². The molecule has 3 amide bonds. The van der Waals surface area contributed by atoms with Crippen LogP contribution in [0.25, 0.3) is 0 Å². The third-order valence-electron chi connectivity index (χ3n) is 8.08. The zero-order valence-electron chi connectivity index (χ0n) is 29.5. The van der Waals surface area contributed by atoms with Crippen LogP contribution in [-0.2, 0) is 30.3 Å². The number of nitrogens with one attached hydrogen (secondary N) is 2. The zero-order valence-corrected chi connectivity index (χ0v) is 30.3. The van der Waals surface area contributed by atoms with Gasteiger partial charge >= 0.3 is 12.1 Å². The quantitative estimate of drug-likeness (QED) is 0.236. The number of nitrogens with zero attached hydrogens (tertiary/aromatic N) is 1. The zero-order chi connectivity index (χ0) is 34.9. The first-order valence-corrected chi connectivity index (χ1v) is 17.8. The first-order valence-electron chi connectivity index (χ1n) is 16.4. The molecular formula is C37H53N3O6S. The summed E-state index contributed by atoms with van der Waals surface area (Å²) < 4.78 is 11.3. The van der Waals surface area contributed by atoms with Crippen LogP contribution in [0.1, 0.15) is 95.5 Å². The molecule has 0 aromatic heterocycles. The molecule has 2 aromatic rings. The van der Waals surface area contributed by atoms with Crippen LogP contribution in [0.2, 0.25) is 0 Å². The van der Waals surface area contributed by atoms with Crippen molar-refractivity contribution >= 4 is 35.6 Å². The van der Waals surface area contributed by atoms with Gasteiger partial charge in [0.15, 0.2) is 0 Å². The number of hydrogen-bond donors (Lipinski definition) is 2. The summed E-state index contributed by atoms with van der Waals surface area (Å²) in [6, 6.07) is 12.0. The summed E-state index contributed by atoms with van der Waals surface area (Å²) in [6.45, 7) is 14.6. The highest BCUT2D eigenvalue weighted by atomic mass is 32.2. The van der Waals surface area contributed by atoms with E-state index in [2.05, 4.69) is 10.6 Å². The third-order valence-corrected chi connectivity index (χ3v) is 8.72. The SMILES string of the molecule is CSCCC(NC(=O)OC(C)(C)C)C(=O)N(C1CCC1)C(C(=O)NC(Cc1ccccc1)C(=O)OC(C)(C)C)c1cccc(C)c1C. The van der Waals surface area contributed by atoms with Crippen molar-refractivity contribution in [2.45, 2.75) is 123 Å². The van der Waals surface area contributed by atoms with Crippen molar-refractivity contribution in [3.63, 3.8) is 0 Å². The van der Waals surface area contributed by atoms with Crippen LogP contribution in [0, 0.1) is 13.8 Å². The predicted octanol–water partition coefficient (Wildman–Crippen LogP) is 6.44. The maximum Gasteiger partial charge on any atom is 0.408 e. The summed E-state index contributed by atoms with van der Waals surface area (Å²) in [5.74, 6) is -0.775. The second-order valence-electron chi connectivity index (χ2n) is 14.3. The van der Waals surface area contributed by atoms with Gasteiger partial charge in [-0.15, -0.1) is 0 Å². The van der Waals surface area contributed by atoms with Crippen molar-refractivity contribution in [2.75, 3.05) is 12.0 Å². The van der Waals surface area contributed by atoms with Gasteiger partial charge in [0.25, 0.3) is 0 Å². The fourth-order valence-electron chi connectivity index (χ4n) is 5.46. The van der Waals surface area contributed by atoms with Gasteiger partial charge in [-0.1, -0.05) is 48.5 Å². The highest BCUT2D eigenvalue weighted by Crippen LogP contribution is 2.36. The van der Waals surface area contributed by atoms with Gasteiger partial charge in [0.05, 0.1) is 0 Å². The molecule has 258 valence electrons. The molecular weight excluding hydrogens is 614 g/mol. The molecule has 0 saturated heterocycles. The first kappa shape index (κ1) is 37.9. The molecule has 2 N–H and O–H groups in total. The number of thioether (sulfide) groups is 1. The number of carbonyl (C=O) groups excluding carboxylic acids is 4. The van der Waals surface area contributed by atoms with Crippen LogP contribution in [-0.4, -0.2) is 70.1 Å². The number of alkyl carbamates (subject to hydrolysis) is 1. The van der Waals surface area contributed by atoms with E-state index in [1.165, 1.54) is 0 Å². The Kier molecular flexibility index (Phi) is 13.3. The Morgan fingerprint density at radius 1 is 0.872 bits per heavy atom. The molecule has 1 aliphatic carbocycles. The standard InChI is InChI=1S/C37H53N3O6S/c1-24-15-13-20-28(25(24)2)31(32(41)38-30(34(43)45-36(3,4)5)23-26-16-11-10-12-17-26)40(27-18-14-19-27)33(42)29(21-22-47-9)39-35(44)46-37(6,7)8/h10-13,15-17,20,27,29-31H,14,18-19,21-23H2,1-9H3,(H,38,41)(H,39,44). The van der Waals surface area contributed by atoms with Gasteiger partial charge in [-0.05, 0) is 115 Å². The van der Waals surface area contributed by atoms with Crippen LogP contribution in [0.5, 0.6) is 0 Å². The maximum atomic E-state index is 14.7. The van der Waals surface area contributed by atoms with E-state index in [1.807, 2.05) is 68.6 Å². The van der Waals surface area contributed by atoms with Crippen LogP contribution < -0.4 is 10.6 Å². The fourth-order valence-corrected chi connectivity index (χ4v) is 5.93. The van der Waals surface area contributed by atoms with Crippen molar-refractivity contribution in [1.82, 2.24) is 15.5 Å². The van der Waals surface area contributed by atoms with E-state index >= 15 is 0 Å². The van der Waals surface area contributed by atoms with E-state index in [0.29, 0.717) is 17.7 Å². The molecule has 3 rings (SSSR count). The topological polar surface area (TPSA) is 114 Å². The van der Waals surface area contributed by atoms with Crippen molar-refractivity contribution in [1.29, 1.82) is 0 Å². The van der Waals surface area contributed by atoms with Gasteiger partial charge < -0.3 is 25.0 Å². The Hall–Kier alpha value is -3.53. The first-order chi connectivity index (χ1) is 22.0. The highest BCUT2D eigenvalue weighted by Gasteiger charge is 2.43. The van der Waals surface area contributed by atoms with E-state index in [0.717, 1.165) is 36.0 Å². The van der Waals surface area contributed by atoms with Crippen LogP contribution in [0.15, 0.2) is 48.5 Å². The number of benzene rings is 2. The molecule has 47 heavy (non-hydrogen) atoms. The number of ether oxygens (including phenoxy) is 2. The summed E-state index contributed by atoms with van der Waals surface area (Å²) in [6.07, 6.45) is 4.19. The molecule has 3 unspecified atom stereocenters. The lowest BCUT2D eigenvalue weighted by Gasteiger charge is -2.44. The number of carbonyl (C=O) groups is 4. The monoisotopic (exact) mass is 667 g/mol. The molecule has 3 atom stereocenters. The smallest absolute Gasteiger partial charge is 0.408 e. The lowest BCUT2D eigenvalue weighted by atomic mass is 9.86. The lowest BCUT2D eigenvalue weighted by Crippen LogP contribution is -2.59. The van der Waals surface area contributed by atoms with Gasteiger partial charge in [-0.2, -0.15) is 11.8 Å². The molecule has 10 heteroatoms. The number of hydrogen-bond acceptors (Lipinski definition) is 7. The highest BCUT2D eigenvalue weighted by molar-refractivity contribution is 7.98. The average Bonchev–Trinajstić information content (AvgIpc) is 2.94. The van der Waals surface area contributed by atoms with E-state index in [1.54, 1.807) is 58.2 Å². The van der Waals surface area contributed by atoms with E-state index in [4.69, 9.17) is 9.47 Å². The van der Waals surface area contributed by atoms with Gasteiger partial charge in [-0.25, -0.2) is 9.59 Å². The second-order valence-corrected chi connectivity index (χ2v) is 15.3. The van der Waals surface area contributed by atoms with E-state index in [-0.39, 0.29) is 18.4 Å². The van der Waals surface area contributed by atoms with Crippen molar-refractivity contribution < 1.29 is 28.7 Å². The van der Waals surface area contributed by atoms with Crippen molar-refractivity contribution in [3.05, 3.63) is 70.8 Å². The van der Waals surface area contributed by atoms with Crippen molar-refractivity contribution in [2.24, 2.45) is 0 Å². The Morgan fingerprint density at radius 2 is 1.51 bits per heavy atom. The number of rotatable bonds is 13.